The van der Waals surface area contributed by atoms with Gasteiger partial charge in [-0.15, -0.1) is 0 Å². The average Bonchev–Trinajstić information content (AvgIpc) is 2.27. The van der Waals surface area contributed by atoms with Gasteiger partial charge in [-0.05, 0) is 11.1 Å². The Labute approximate surface area is 86.8 Å². The number of hydrogen-bond donors (Lipinski definition) is 4. The summed E-state index contributed by atoms with van der Waals surface area (Å²) in [6, 6.07) is 6.30. The Kier molecular flexibility index (Phi) is 3.79. The Morgan fingerprint density at radius 1 is 1.40 bits per heavy atom. The van der Waals surface area contributed by atoms with Crippen molar-refractivity contribution in [2.75, 3.05) is 0 Å². The average molecular weight is 211 g/mol. The largest absolute Gasteiger partial charge is 0.392 e. The number of benzene rings is 1. The molecule has 5 heteroatoms. The lowest BCUT2D eigenvalue weighted by Crippen LogP contribution is -2.33. The van der Waals surface area contributed by atoms with Crippen molar-refractivity contribution in [3.63, 3.8) is 0 Å². The van der Waals surface area contributed by atoms with Crippen LogP contribution in [-0.2, 0) is 11.4 Å². The summed E-state index contributed by atoms with van der Waals surface area (Å²) in [5, 5.41) is 27.6. The highest BCUT2D eigenvalue weighted by Crippen LogP contribution is 2.18. The van der Waals surface area contributed by atoms with Crippen molar-refractivity contribution >= 4 is 5.91 Å². The molecule has 2 atom stereocenters. The van der Waals surface area contributed by atoms with Gasteiger partial charge in [0.2, 0.25) is 5.91 Å². The van der Waals surface area contributed by atoms with Crippen LogP contribution in [0.1, 0.15) is 17.2 Å². The molecule has 5 N–H and O–H groups in total. The number of primary amides is 1. The second kappa shape index (κ2) is 4.88. The van der Waals surface area contributed by atoms with E-state index < -0.39 is 18.1 Å². The molecule has 5 nitrogen and oxygen atoms in total. The number of amides is 1. The molecule has 82 valence electrons. The lowest BCUT2D eigenvalue weighted by atomic mass is 10.0. The van der Waals surface area contributed by atoms with Crippen molar-refractivity contribution in [1.29, 1.82) is 0 Å². The van der Waals surface area contributed by atoms with Gasteiger partial charge >= 0.3 is 0 Å². The Morgan fingerprint density at radius 3 is 2.60 bits per heavy atom. The Bertz CT molecular complexity index is 353. The summed E-state index contributed by atoms with van der Waals surface area (Å²) >= 11 is 0. The molecule has 1 aromatic rings. The van der Waals surface area contributed by atoms with E-state index in [2.05, 4.69) is 0 Å². The third-order valence-electron chi connectivity index (χ3n) is 2.07. The zero-order valence-electron chi connectivity index (χ0n) is 8.00. The molecule has 0 aliphatic heterocycles. The molecule has 0 aliphatic carbocycles. The highest BCUT2D eigenvalue weighted by Gasteiger charge is 2.23. The van der Waals surface area contributed by atoms with E-state index in [0.717, 1.165) is 0 Å². The molecule has 1 rings (SSSR count). The zero-order valence-corrected chi connectivity index (χ0v) is 8.00. The summed E-state index contributed by atoms with van der Waals surface area (Å²) in [7, 11) is 0. The predicted molar refractivity (Wildman–Crippen MR) is 52.5 cm³/mol. The molecule has 0 bridgehead atoms. The van der Waals surface area contributed by atoms with Crippen LogP contribution in [0.4, 0.5) is 0 Å². The maximum Gasteiger partial charge on any atom is 0.249 e. The third kappa shape index (κ3) is 2.76. The number of hydrogen-bond acceptors (Lipinski definition) is 4. The van der Waals surface area contributed by atoms with Crippen molar-refractivity contribution in [3.8, 4) is 0 Å². The smallest absolute Gasteiger partial charge is 0.249 e. The van der Waals surface area contributed by atoms with E-state index in [0.29, 0.717) is 11.1 Å². The van der Waals surface area contributed by atoms with Crippen LogP contribution >= 0.6 is 0 Å². The van der Waals surface area contributed by atoms with Crippen molar-refractivity contribution in [3.05, 3.63) is 35.4 Å². The predicted octanol–water partition coefficient (Wildman–Crippen LogP) is -0.942. The zero-order chi connectivity index (χ0) is 11.4. The van der Waals surface area contributed by atoms with Gasteiger partial charge in [-0.1, -0.05) is 24.3 Å². The van der Waals surface area contributed by atoms with Crippen LogP contribution in [0, 0.1) is 0 Å². The summed E-state index contributed by atoms with van der Waals surface area (Å²) in [6.07, 6.45) is -3.01. The first kappa shape index (κ1) is 11.6. The Balaban J connectivity index is 2.90. The van der Waals surface area contributed by atoms with Gasteiger partial charge in [0.1, 0.15) is 6.10 Å². The second-order valence-electron chi connectivity index (χ2n) is 3.20. The van der Waals surface area contributed by atoms with Crippen LogP contribution in [0.3, 0.4) is 0 Å². The number of rotatable bonds is 4. The first-order valence-electron chi connectivity index (χ1n) is 4.41. The first-order valence-corrected chi connectivity index (χ1v) is 4.41. The van der Waals surface area contributed by atoms with Gasteiger partial charge < -0.3 is 21.1 Å². The van der Waals surface area contributed by atoms with Crippen molar-refractivity contribution in [2.45, 2.75) is 18.8 Å². The number of carbonyl (C=O) groups excluding carboxylic acids is 1. The van der Waals surface area contributed by atoms with Crippen molar-refractivity contribution in [1.82, 2.24) is 0 Å². The highest BCUT2D eigenvalue weighted by molar-refractivity contribution is 5.79. The van der Waals surface area contributed by atoms with Crippen LogP contribution in [0.5, 0.6) is 0 Å². The van der Waals surface area contributed by atoms with Crippen LogP contribution in [0.25, 0.3) is 0 Å². The Hall–Kier alpha value is -1.43. The molecule has 1 aromatic carbocycles. The minimum atomic E-state index is -1.64. The second-order valence-corrected chi connectivity index (χ2v) is 3.20. The molecule has 0 saturated carbocycles. The summed E-state index contributed by atoms with van der Waals surface area (Å²) in [5.41, 5.74) is 5.77. The molecule has 0 aromatic heterocycles. The summed E-state index contributed by atoms with van der Waals surface area (Å²) in [6.45, 7) is -0.173. The van der Waals surface area contributed by atoms with Crippen LogP contribution in [-0.4, -0.2) is 27.3 Å². The molecular formula is C10H13NO4. The molecule has 0 aliphatic rings. The summed E-state index contributed by atoms with van der Waals surface area (Å²) in [5.74, 6) is -0.989. The fourth-order valence-corrected chi connectivity index (χ4v) is 1.21. The van der Waals surface area contributed by atoms with E-state index in [-0.39, 0.29) is 6.61 Å². The lowest BCUT2D eigenvalue weighted by molar-refractivity contribution is -0.131. The van der Waals surface area contributed by atoms with E-state index in [1.54, 1.807) is 12.1 Å². The number of aliphatic hydroxyl groups excluding tert-OH is 3. The van der Waals surface area contributed by atoms with Crippen LogP contribution < -0.4 is 5.73 Å². The van der Waals surface area contributed by atoms with E-state index in [1.165, 1.54) is 12.1 Å². The quantitative estimate of drug-likeness (QED) is 0.516. The third-order valence-corrected chi connectivity index (χ3v) is 2.07. The van der Waals surface area contributed by atoms with Gasteiger partial charge in [0, 0.05) is 0 Å². The minimum Gasteiger partial charge on any atom is -0.392 e. The maximum atomic E-state index is 10.6. The van der Waals surface area contributed by atoms with E-state index in [1.807, 2.05) is 0 Å². The van der Waals surface area contributed by atoms with Gasteiger partial charge in [0.05, 0.1) is 6.61 Å². The topological polar surface area (TPSA) is 104 Å². The fourth-order valence-electron chi connectivity index (χ4n) is 1.21. The molecule has 2 unspecified atom stereocenters. The molecule has 0 heterocycles. The van der Waals surface area contributed by atoms with Gasteiger partial charge in [-0.3, -0.25) is 4.79 Å². The molecule has 0 fully saturated rings. The van der Waals surface area contributed by atoms with Crippen molar-refractivity contribution < 1.29 is 20.1 Å². The standard InChI is InChI=1S/C10H13NO4/c11-10(15)9(14)8(13)7-3-1-2-6(4-7)5-12/h1-4,8-9,12-14H,5H2,(H2,11,15). The SMILES string of the molecule is NC(=O)C(O)C(O)c1cccc(CO)c1. The Morgan fingerprint density at radius 2 is 2.07 bits per heavy atom. The van der Waals surface area contributed by atoms with Gasteiger partial charge in [0.25, 0.3) is 0 Å². The van der Waals surface area contributed by atoms with E-state index in [9.17, 15) is 15.0 Å². The molecule has 1 amide bonds. The van der Waals surface area contributed by atoms with Gasteiger partial charge in [-0.2, -0.15) is 0 Å². The normalized spacial score (nSPS) is 14.6. The lowest BCUT2D eigenvalue weighted by Gasteiger charge is -2.15. The summed E-state index contributed by atoms with van der Waals surface area (Å²) < 4.78 is 0. The van der Waals surface area contributed by atoms with Gasteiger partial charge in [0.15, 0.2) is 6.10 Å². The molecule has 0 saturated heterocycles. The summed E-state index contributed by atoms with van der Waals surface area (Å²) in [4.78, 5) is 10.6. The van der Waals surface area contributed by atoms with Crippen LogP contribution in [0.15, 0.2) is 24.3 Å². The fraction of sp³-hybridized carbons (Fsp3) is 0.300. The number of nitrogens with two attached hydrogens (primary N) is 1. The minimum absolute atomic E-state index is 0.173. The monoisotopic (exact) mass is 211 g/mol. The highest BCUT2D eigenvalue weighted by atomic mass is 16.3. The first-order chi connectivity index (χ1) is 7.06. The van der Waals surface area contributed by atoms with E-state index >= 15 is 0 Å². The molecule has 0 radical (unpaired) electrons. The molecule has 0 spiro atoms. The van der Waals surface area contributed by atoms with Gasteiger partial charge in [-0.25, -0.2) is 0 Å². The number of aliphatic hydroxyl groups is 3. The molecule has 15 heavy (non-hydrogen) atoms. The number of carbonyl (C=O) groups is 1. The molecular weight excluding hydrogens is 198 g/mol. The maximum absolute atomic E-state index is 10.6. The van der Waals surface area contributed by atoms with Crippen molar-refractivity contribution in [2.24, 2.45) is 5.73 Å². The van der Waals surface area contributed by atoms with E-state index in [4.69, 9.17) is 10.8 Å². The van der Waals surface area contributed by atoms with Crippen LogP contribution in [0.2, 0.25) is 0 Å².